The van der Waals surface area contributed by atoms with Gasteiger partial charge in [-0.3, -0.25) is 0 Å². The first-order chi connectivity index (χ1) is 7.81. The smallest absolute Gasteiger partial charge is 0.167 e. The molecule has 0 aliphatic carbocycles. The maximum atomic E-state index is 8.71. The zero-order valence-electron chi connectivity index (χ0n) is 9.10. The predicted octanol–water partition coefficient (Wildman–Crippen LogP) is 2.57. The third kappa shape index (κ3) is 3.15. The van der Waals surface area contributed by atoms with Crippen LogP contribution in [0.1, 0.15) is 12.0 Å². The van der Waals surface area contributed by atoms with E-state index in [-0.39, 0.29) is 5.57 Å². The SMILES string of the molecule is COC(CCc1ccccc1)=C(C#N)C#N. The Morgan fingerprint density at radius 2 is 1.81 bits per heavy atom. The van der Waals surface area contributed by atoms with E-state index in [1.54, 1.807) is 0 Å². The van der Waals surface area contributed by atoms with E-state index >= 15 is 0 Å². The highest BCUT2D eigenvalue weighted by Gasteiger charge is 2.06. The van der Waals surface area contributed by atoms with E-state index in [4.69, 9.17) is 15.3 Å². The molecule has 0 N–H and O–H groups in total. The van der Waals surface area contributed by atoms with Gasteiger partial charge in [-0.2, -0.15) is 10.5 Å². The van der Waals surface area contributed by atoms with Gasteiger partial charge in [0.15, 0.2) is 5.57 Å². The number of hydrogen-bond donors (Lipinski definition) is 0. The van der Waals surface area contributed by atoms with Crippen molar-refractivity contribution >= 4 is 0 Å². The number of hydrogen-bond acceptors (Lipinski definition) is 3. The molecule has 0 saturated carbocycles. The van der Waals surface area contributed by atoms with Gasteiger partial charge in [-0.05, 0) is 12.0 Å². The number of ether oxygens (including phenoxy) is 1. The first-order valence-corrected chi connectivity index (χ1v) is 4.93. The molecule has 0 atom stereocenters. The van der Waals surface area contributed by atoms with Crippen molar-refractivity contribution in [2.75, 3.05) is 7.11 Å². The van der Waals surface area contributed by atoms with E-state index in [0.29, 0.717) is 12.2 Å². The van der Waals surface area contributed by atoms with Gasteiger partial charge in [0, 0.05) is 6.42 Å². The van der Waals surface area contributed by atoms with Crippen molar-refractivity contribution in [1.29, 1.82) is 10.5 Å². The van der Waals surface area contributed by atoms with Crippen molar-refractivity contribution in [2.24, 2.45) is 0 Å². The molecule has 1 rings (SSSR count). The molecular weight excluding hydrogens is 200 g/mol. The Kier molecular flexibility index (Phi) is 4.63. The monoisotopic (exact) mass is 212 g/mol. The van der Waals surface area contributed by atoms with E-state index in [0.717, 1.165) is 12.0 Å². The molecule has 0 fully saturated rings. The minimum absolute atomic E-state index is 0.0541. The zero-order chi connectivity index (χ0) is 11.8. The molecule has 16 heavy (non-hydrogen) atoms. The Bertz CT molecular complexity index is 433. The summed E-state index contributed by atoms with van der Waals surface area (Å²) in [6.45, 7) is 0. The van der Waals surface area contributed by atoms with Gasteiger partial charge in [-0.15, -0.1) is 0 Å². The predicted molar refractivity (Wildman–Crippen MR) is 60.0 cm³/mol. The van der Waals surface area contributed by atoms with Gasteiger partial charge < -0.3 is 4.74 Å². The minimum atomic E-state index is 0.0541. The van der Waals surface area contributed by atoms with E-state index in [9.17, 15) is 0 Å². The summed E-state index contributed by atoms with van der Waals surface area (Å²) in [4.78, 5) is 0. The fraction of sp³-hybridized carbons (Fsp3) is 0.231. The molecule has 3 heteroatoms. The highest BCUT2D eigenvalue weighted by Crippen LogP contribution is 2.13. The standard InChI is InChI=1S/C13H12N2O/c1-16-13(12(9-14)10-15)8-7-11-5-3-2-4-6-11/h2-6H,7-8H2,1H3. The lowest BCUT2D eigenvalue weighted by atomic mass is 10.1. The van der Waals surface area contributed by atoms with Gasteiger partial charge in [0.05, 0.1) is 7.11 Å². The Morgan fingerprint density at radius 3 is 2.31 bits per heavy atom. The molecule has 0 aliphatic rings. The summed E-state index contributed by atoms with van der Waals surface area (Å²) >= 11 is 0. The molecule has 0 aliphatic heterocycles. The number of rotatable bonds is 4. The summed E-state index contributed by atoms with van der Waals surface area (Å²) in [5.41, 5.74) is 1.21. The summed E-state index contributed by atoms with van der Waals surface area (Å²) in [5, 5.41) is 17.4. The van der Waals surface area contributed by atoms with Crippen molar-refractivity contribution in [1.82, 2.24) is 0 Å². The van der Waals surface area contributed by atoms with Gasteiger partial charge in [-0.25, -0.2) is 0 Å². The van der Waals surface area contributed by atoms with E-state index in [1.165, 1.54) is 7.11 Å². The van der Waals surface area contributed by atoms with Crippen LogP contribution in [0.15, 0.2) is 41.7 Å². The number of benzene rings is 1. The van der Waals surface area contributed by atoms with E-state index in [2.05, 4.69) is 0 Å². The molecule has 0 unspecified atom stereocenters. The number of nitriles is 2. The van der Waals surface area contributed by atoms with Gasteiger partial charge >= 0.3 is 0 Å². The van der Waals surface area contributed by atoms with Crippen LogP contribution in [0.3, 0.4) is 0 Å². The molecule has 80 valence electrons. The van der Waals surface area contributed by atoms with Crippen LogP contribution >= 0.6 is 0 Å². The maximum absolute atomic E-state index is 8.71. The fourth-order valence-electron chi connectivity index (χ4n) is 1.38. The topological polar surface area (TPSA) is 56.8 Å². The Balaban J connectivity index is 2.71. The number of allylic oxidation sites excluding steroid dienone is 2. The van der Waals surface area contributed by atoms with Gasteiger partial charge in [0.2, 0.25) is 0 Å². The Hall–Kier alpha value is -2.26. The molecule has 1 aromatic rings. The second kappa shape index (κ2) is 6.27. The van der Waals surface area contributed by atoms with Crippen LogP contribution in [0.4, 0.5) is 0 Å². The van der Waals surface area contributed by atoms with Crippen LogP contribution in [0, 0.1) is 22.7 Å². The summed E-state index contributed by atoms with van der Waals surface area (Å²) in [5.74, 6) is 0.453. The third-order valence-corrected chi connectivity index (χ3v) is 2.23. The van der Waals surface area contributed by atoms with Crippen molar-refractivity contribution in [3.63, 3.8) is 0 Å². The highest BCUT2D eigenvalue weighted by molar-refractivity contribution is 5.38. The van der Waals surface area contributed by atoms with Crippen molar-refractivity contribution in [3.05, 3.63) is 47.2 Å². The Morgan fingerprint density at radius 1 is 1.19 bits per heavy atom. The minimum Gasteiger partial charge on any atom is -0.499 e. The number of methoxy groups -OCH3 is 1. The molecule has 0 spiro atoms. The van der Waals surface area contributed by atoms with Crippen molar-refractivity contribution < 1.29 is 4.74 Å². The molecule has 0 saturated heterocycles. The largest absolute Gasteiger partial charge is 0.499 e. The fourth-order valence-corrected chi connectivity index (χ4v) is 1.38. The maximum Gasteiger partial charge on any atom is 0.167 e. The third-order valence-electron chi connectivity index (χ3n) is 2.23. The quantitative estimate of drug-likeness (QED) is 0.569. The van der Waals surface area contributed by atoms with E-state index < -0.39 is 0 Å². The number of nitrogens with zero attached hydrogens (tertiary/aromatic N) is 2. The summed E-state index contributed by atoms with van der Waals surface area (Å²) in [6.07, 6.45) is 1.33. The summed E-state index contributed by atoms with van der Waals surface area (Å²) < 4.78 is 5.05. The molecule has 0 amide bonds. The van der Waals surface area contributed by atoms with Crippen LogP contribution in [0.2, 0.25) is 0 Å². The molecular formula is C13H12N2O. The lowest BCUT2D eigenvalue weighted by Crippen LogP contribution is -1.95. The molecule has 0 heterocycles. The zero-order valence-corrected chi connectivity index (χ0v) is 9.10. The lowest BCUT2D eigenvalue weighted by Gasteiger charge is -2.05. The van der Waals surface area contributed by atoms with Crippen molar-refractivity contribution in [3.8, 4) is 12.1 Å². The van der Waals surface area contributed by atoms with Crippen LogP contribution in [0.25, 0.3) is 0 Å². The lowest BCUT2D eigenvalue weighted by molar-refractivity contribution is 0.275. The van der Waals surface area contributed by atoms with Gasteiger partial charge in [-0.1, -0.05) is 30.3 Å². The second-order valence-electron chi connectivity index (χ2n) is 3.21. The first kappa shape index (κ1) is 11.8. The van der Waals surface area contributed by atoms with Crippen LogP contribution < -0.4 is 0 Å². The van der Waals surface area contributed by atoms with Crippen molar-refractivity contribution in [2.45, 2.75) is 12.8 Å². The van der Waals surface area contributed by atoms with E-state index in [1.807, 2.05) is 42.5 Å². The van der Waals surface area contributed by atoms with Crippen LogP contribution in [-0.4, -0.2) is 7.11 Å². The summed E-state index contributed by atoms with van der Waals surface area (Å²) in [6, 6.07) is 13.5. The molecule has 3 nitrogen and oxygen atoms in total. The van der Waals surface area contributed by atoms with Gasteiger partial charge in [0.1, 0.15) is 17.9 Å². The highest BCUT2D eigenvalue weighted by atomic mass is 16.5. The molecule has 0 bridgehead atoms. The average Bonchev–Trinajstić information content (AvgIpc) is 2.35. The summed E-state index contributed by atoms with van der Waals surface area (Å²) in [7, 11) is 1.48. The Labute approximate surface area is 95.2 Å². The normalized spacial score (nSPS) is 8.69. The van der Waals surface area contributed by atoms with Crippen LogP contribution in [0.5, 0.6) is 0 Å². The second-order valence-corrected chi connectivity index (χ2v) is 3.21. The average molecular weight is 212 g/mol. The molecule has 1 aromatic carbocycles. The van der Waals surface area contributed by atoms with Crippen LogP contribution in [-0.2, 0) is 11.2 Å². The first-order valence-electron chi connectivity index (χ1n) is 4.93. The molecule has 0 radical (unpaired) electrons. The van der Waals surface area contributed by atoms with Gasteiger partial charge in [0.25, 0.3) is 0 Å². The number of aryl methyl sites for hydroxylation is 1. The molecule has 0 aromatic heterocycles.